The Hall–Kier alpha value is -7.34. The number of anilines is 8. The molecule has 1 aromatic heterocycles. The van der Waals surface area contributed by atoms with E-state index < -0.39 is 0 Å². The predicted octanol–water partition coefficient (Wildman–Crippen LogP) is 22.5. The molecular weight excluding hydrogens is 1140 g/mol. The monoisotopic (exact) mass is 1240 g/mol. The molecule has 470 valence electrons. The van der Waals surface area contributed by atoms with Crippen LogP contribution in [0.25, 0.3) is 31.3 Å². The topological polar surface area (TPSA) is 9.72 Å². The third kappa shape index (κ3) is 8.14. The number of thiophene rings is 1. The lowest BCUT2D eigenvalue weighted by Crippen LogP contribution is -2.62. The highest BCUT2D eigenvalue weighted by Gasteiger charge is 2.59. The maximum Gasteiger partial charge on any atom is 0.252 e. The van der Waals surface area contributed by atoms with Gasteiger partial charge in [0, 0.05) is 71.5 Å². The van der Waals surface area contributed by atoms with Crippen LogP contribution in [0.1, 0.15) is 225 Å². The van der Waals surface area contributed by atoms with Crippen LogP contribution in [0.15, 0.2) is 164 Å². The van der Waals surface area contributed by atoms with Crippen LogP contribution in [-0.4, -0.2) is 12.3 Å². The minimum Gasteiger partial charge on any atom is -0.334 e. The van der Waals surface area contributed by atoms with Gasteiger partial charge in [0.05, 0.1) is 15.9 Å². The Morgan fingerprint density at radius 3 is 1.58 bits per heavy atom. The average Bonchev–Trinajstić information content (AvgIpc) is 1.55. The molecule has 0 N–H and O–H groups in total. The van der Waals surface area contributed by atoms with E-state index in [-0.39, 0.29) is 55.6 Å². The first-order valence-electron chi connectivity index (χ1n) is 35.3. The van der Waals surface area contributed by atoms with Gasteiger partial charge in [-0.1, -0.05) is 227 Å². The predicted molar refractivity (Wildman–Crippen MR) is 402 cm³/mol. The van der Waals surface area contributed by atoms with Crippen molar-refractivity contribution in [3.05, 3.63) is 219 Å². The Morgan fingerprint density at radius 2 is 0.914 bits per heavy atom. The van der Waals surface area contributed by atoms with Crippen LogP contribution in [0.5, 0.6) is 0 Å². The first-order valence-corrected chi connectivity index (χ1v) is 36.1. The van der Waals surface area contributed by atoms with Gasteiger partial charge in [-0.3, -0.25) is 0 Å². The third-order valence-electron chi connectivity index (χ3n) is 25.9. The number of rotatable bonds is 4. The summed E-state index contributed by atoms with van der Waals surface area (Å²) in [6.45, 7) is 42.3. The zero-order chi connectivity index (χ0) is 64.9. The van der Waals surface area contributed by atoms with Gasteiger partial charge in [-0.2, -0.15) is 0 Å². The quantitative estimate of drug-likeness (QED) is 0.163. The second kappa shape index (κ2) is 19.2. The fourth-order valence-electron chi connectivity index (χ4n) is 19.8. The van der Waals surface area contributed by atoms with Crippen molar-refractivity contribution in [2.45, 2.75) is 218 Å². The van der Waals surface area contributed by atoms with E-state index in [0.717, 1.165) is 32.1 Å². The summed E-state index contributed by atoms with van der Waals surface area (Å²) in [6, 6.07) is 66.9. The van der Waals surface area contributed by atoms with Crippen molar-refractivity contribution >= 4 is 100 Å². The molecule has 0 spiro atoms. The number of fused-ring (bicyclic) bond motifs is 14. The van der Waals surface area contributed by atoms with Gasteiger partial charge in [0.25, 0.3) is 6.71 Å². The Balaban J connectivity index is 1.02. The molecule has 0 radical (unpaired) electrons. The molecule has 3 aliphatic heterocycles. The smallest absolute Gasteiger partial charge is 0.252 e. The van der Waals surface area contributed by atoms with Gasteiger partial charge in [-0.25, -0.2) is 0 Å². The molecule has 9 aromatic carbocycles. The number of benzene rings is 9. The number of hydrogen-bond donors (Lipinski definition) is 0. The largest absolute Gasteiger partial charge is 0.334 e. The Bertz CT molecular complexity index is 4860. The summed E-state index contributed by atoms with van der Waals surface area (Å²) in [4.78, 5) is 8.53. The fraction of sp³-hybridized carbons (Fsp3) is 0.386. The van der Waals surface area contributed by atoms with E-state index in [1.807, 2.05) is 11.3 Å². The van der Waals surface area contributed by atoms with Gasteiger partial charge in [0.1, 0.15) is 0 Å². The van der Waals surface area contributed by atoms with Crippen molar-refractivity contribution < 1.29 is 0 Å². The Labute approximate surface area is 559 Å². The zero-order valence-electron chi connectivity index (χ0n) is 58.6. The highest BCUT2D eigenvalue weighted by molar-refractivity contribution is 7.26. The highest BCUT2D eigenvalue weighted by atomic mass is 32.1. The summed E-state index contributed by atoms with van der Waals surface area (Å²) in [5.74, 6) is 0. The summed E-state index contributed by atoms with van der Waals surface area (Å²) in [5, 5.41) is 2.65. The normalized spacial score (nSPS) is 22.6. The van der Waals surface area contributed by atoms with Crippen LogP contribution in [0, 0.1) is 0 Å². The summed E-state index contributed by atoms with van der Waals surface area (Å²) >= 11 is 1.96. The molecule has 93 heavy (non-hydrogen) atoms. The Morgan fingerprint density at radius 1 is 0.376 bits per heavy atom. The zero-order valence-corrected chi connectivity index (χ0v) is 59.4. The summed E-state index contributed by atoms with van der Waals surface area (Å²) in [5.41, 5.74) is 31.1. The molecular formula is C88H94BN3S. The van der Waals surface area contributed by atoms with Crippen LogP contribution < -0.4 is 31.1 Å². The molecule has 0 bridgehead atoms. The summed E-state index contributed by atoms with van der Waals surface area (Å²) < 4.78 is 2.66. The molecule has 10 aromatic rings. The van der Waals surface area contributed by atoms with E-state index in [0.29, 0.717) is 0 Å². The van der Waals surface area contributed by atoms with E-state index >= 15 is 0 Å². The SMILES string of the molecule is CC(C)(C)c1ccc(-c2ccc3c(c2)C2(C)CCCCC2(C)N3c2cc3c4c(c2)N(c2cccc5c2sc2ccccc25)c2cc5c(cc2B4c2cc4c(cc2N3c2ccc3c(c2)C(C)(C)CCC3(C)C)C(C)(C)CCC4(C)C)C(C)(C)c2ccccc2C5(C)C)cc1. The lowest BCUT2D eigenvalue weighted by molar-refractivity contribution is 0.195. The van der Waals surface area contributed by atoms with Crippen LogP contribution in [0.2, 0.25) is 0 Å². The summed E-state index contributed by atoms with van der Waals surface area (Å²) in [7, 11) is 0. The maximum absolute atomic E-state index is 2.90. The van der Waals surface area contributed by atoms with E-state index in [1.165, 1.54) is 168 Å². The van der Waals surface area contributed by atoms with Gasteiger partial charge in [-0.05, 0) is 216 Å². The molecule has 2 atom stereocenters. The highest BCUT2D eigenvalue weighted by Crippen LogP contribution is 2.64. The molecule has 2 unspecified atom stereocenters. The first-order chi connectivity index (χ1) is 43.9. The molecule has 4 aliphatic carbocycles. The van der Waals surface area contributed by atoms with Crippen molar-refractivity contribution in [3.63, 3.8) is 0 Å². The fourth-order valence-corrected chi connectivity index (χ4v) is 21.0. The van der Waals surface area contributed by atoms with Gasteiger partial charge in [0.15, 0.2) is 0 Å². The van der Waals surface area contributed by atoms with Gasteiger partial charge in [-0.15, -0.1) is 11.3 Å². The van der Waals surface area contributed by atoms with Crippen LogP contribution in [0.4, 0.5) is 45.5 Å². The van der Waals surface area contributed by atoms with Gasteiger partial charge >= 0.3 is 0 Å². The van der Waals surface area contributed by atoms with Crippen molar-refractivity contribution in [3.8, 4) is 11.1 Å². The lowest BCUT2D eigenvalue weighted by Gasteiger charge is -2.52. The van der Waals surface area contributed by atoms with Crippen molar-refractivity contribution in [2.75, 3.05) is 14.7 Å². The molecule has 0 saturated heterocycles. The molecule has 1 fully saturated rings. The van der Waals surface area contributed by atoms with E-state index in [1.54, 1.807) is 0 Å². The second-order valence-electron chi connectivity index (χ2n) is 34.9. The molecule has 4 heterocycles. The molecule has 0 amide bonds. The number of nitrogens with zero attached hydrogens (tertiary/aromatic N) is 3. The maximum atomic E-state index is 2.90. The van der Waals surface area contributed by atoms with Gasteiger partial charge in [0.2, 0.25) is 0 Å². The van der Waals surface area contributed by atoms with Crippen molar-refractivity contribution in [1.82, 2.24) is 0 Å². The van der Waals surface area contributed by atoms with E-state index in [2.05, 4.69) is 296 Å². The van der Waals surface area contributed by atoms with Crippen LogP contribution in [-0.2, 0) is 43.3 Å². The number of hydrogen-bond acceptors (Lipinski definition) is 4. The van der Waals surface area contributed by atoms with E-state index in [9.17, 15) is 0 Å². The minimum absolute atomic E-state index is 0.00792. The third-order valence-corrected chi connectivity index (χ3v) is 27.2. The van der Waals surface area contributed by atoms with Gasteiger partial charge < -0.3 is 14.7 Å². The minimum atomic E-state index is -0.267. The second-order valence-corrected chi connectivity index (χ2v) is 36.0. The lowest BCUT2D eigenvalue weighted by atomic mass is 9.32. The molecule has 7 aliphatic rings. The molecule has 5 heteroatoms. The van der Waals surface area contributed by atoms with Crippen molar-refractivity contribution in [1.29, 1.82) is 0 Å². The molecule has 3 nitrogen and oxygen atoms in total. The molecule has 1 saturated carbocycles. The molecule has 17 rings (SSSR count). The Kier molecular flexibility index (Phi) is 12.3. The van der Waals surface area contributed by atoms with E-state index in [4.69, 9.17) is 0 Å². The van der Waals surface area contributed by atoms with Crippen LogP contribution in [0.3, 0.4) is 0 Å². The standard InChI is InChI=1S/C88H94BN3S/c1-80(2,3)55-34-31-53(32-35-55)54-33-38-71-68(45-54)87(16)39-22-23-40-88(87,17)92(71)57-47-75-78-76(48-57)91(72-29-24-26-59-58-25-18-21-30-77(58)93-79(59)72)74-52-67-66(85(12,13)61-27-19-20-28-62(61)86(67,14)15)50-70(74)89(78)69-49-64-65(84(10,11)44-43-83(64,8)9)51-73(69)90(75)56-36-37-60-63(46-56)82(6,7)42-41-81(60,4)5/h18-21,24-38,45-52H,22-23,39-44H2,1-17H3. The first kappa shape index (κ1) is 59.4. The van der Waals surface area contributed by atoms with Crippen LogP contribution >= 0.6 is 11.3 Å². The average molecular weight is 1240 g/mol. The van der Waals surface area contributed by atoms with Crippen molar-refractivity contribution in [2.24, 2.45) is 0 Å². The summed E-state index contributed by atoms with van der Waals surface area (Å²) in [6.07, 6.45) is 9.31.